The first-order chi connectivity index (χ1) is 19.0. The molecular formula is C30H33F6N3O2. The molecule has 0 unspecified atom stereocenters. The second-order valence-corrected chi connectivity index (χ2v) is 10.4. The summed E-state index contributed by atoms with van der Waals surface area (Å²) in [6.07, 6.45) is -7.85. The van der Waals surface area contributed by atoms with Crippen molar-refractivity contribution in [3.05, 3.63) is 77.0 Å². The first kappa shape index (κ1) is 31.9. The van der Waals surface area contributed by atoms with Gasteiger partial charge in [-0.05, 0) is 68.1 Å². The first-order valence-corrected chi connectivity index (χ1v) is 13.0. The maximum atomic E-state index is 13.9. The minimum Gasteiger partial charge on any atom is -0.395 e. The Morgan fingerprint density at radius 1 is 0.878 bits per heavy atom. The minimum absolute atomic E-state index is 0.0428. The molecule has 5 nitrogen and oxygen atoms in total. The number of likely N-dealkylation sites (N-methyl/N-ethyl adjacent to an activating group) is 1. The van der Waals surface area contributed by atoms with E-state index in [-0.39, 0.29) is 12.7 Å². The summed E-state index contributed by atoms with van der Waals surface area (Å²) in [4.78, 5) is 21.5. The number of carbonyl (C=O) groups excluding carboxylic acids is 1. The molecule has 11 heteroatoms. The number of alkyl halides is 6. The van der Waals surface area contributed by atoms with Crippen LogP contribution in [0.4, 0.5) is 37.8 Å². The normalized spacial score (nSPS) is 12.4. The van der Waals surface area contributed by atoms with Crippen LogP contribution in [-0.4, -0.2) is 42.7 Å². The van der Waals surface area contributed by atoms with Crippen molar-refractivity contribution in [2.45, 2.75) is 51.9 Å². The Kier molecular flexibility index (Phi) is 9.42. The molecule has 3 rings (SSSR count). The lowest BCUT2D eigenvalue weighted by atomic mass is 9.81. The van der Waals surface area contributed by atoms with E-state index in [1.807, 2.05) is 43.0 Å². The third kappa shape index (κ3) is 7.01. The molecule has 3 aromatic rings. The van der Waals surface area contributed by atoms with Crippen LogP contribution in [-0.2, 0) is 22.6 Å². The quantitative estimate of drug-likeness (QED) is 0.271. The Balaban J connectivity index is 2.17. The highest BCUT2D eigenvalue weighted by Crippen LogP contribution is 2.41. The molecular weight excluding hydrogens is 548 g/mol. The summed E-state index contributed by atoms with van der Waals surface area (Å²) < 4.78 is 81.3. The van der Waals surface area contributed by atoms with Gasteiger partial charge in [0.1, 0.15) is 5.82 Å². The summed E-state index contributed by atoms with van der Waals surface area (Å²) in [7, 11) is 1.42. The van der Waals surface area contributed by atoms with E-state index >= 15 is 0 Å². The Labute approximate surface area is 235 Å². The number of rotatable bonds is 9. The molecule has 0 bridgehead atoms. The van der Waals surface area contributed by atoms with Gasteiger partial charge >= 0.3 is 12.4 Å². The molecule has 0 aliphatic carbocycles. The van der Waals surface area contributed by atoms with E-state index in [2.05, 4.69) is 4.98 Å². The van der Waals surface area contributed by atoms with Gasteiger partial charge in [0.2, 0.25) is 5.91 Å². The van der Waals surface area contributed by atoms with Crippen LogP contribution in [0.5, 0.6) is 0 Å². The monoisotopic (exact) mass is 581 g/mol. The Morgan fingerprint density at radius 2 is 1.44 bits per heavy atom. The van der Waals surface area contributed by atoms with Gasteiger partial charge in [0.05, 0.1) is 35.0 Å². The SMILES string of the molecule is CCCN(CCO)c1cc(-c2ccccc2C)c(N(C)C(=O)C(C)(C)c2cc(C(F)(F)F)cc(C(F)(F)F)c2)cn1. The molecule has 0 saturated carbocycles. The Hall–Kier alpha value is -3.60. The lowest BCUT2D eigenvalue weighted by Crippen LogP contribution is -2.42. The lowest BCUT2D eigenvalue weighted by Gasteiger charge is -2.32. The summed E-state index contributed by atoms with van der Waals surface area (Å²) in [6.45, 7) is 7.27. The van der Waals surface area contributed by atoms with Crippen molar-refractivity contribution in [2.24, 2.45) is 0 Å². The molecule has 0 aliphatic rings. The van der Waals surface area contributed by atoms with Gasteiger partial charge in [-0.3, -0.25) is 4.79 Å². The number of aliphatic hydroxyl groups excluding tert-OH is 1. The van der Waals surface area contributed by atoms with Crippen LogP contribution in [0.25, 0.3) is 11.1 Å². The zero-order chi connectivity index (χ0) is 30.8. The Bertz CT molecular complexity index is 1350. The van der Waals surface area contributed by atoms with Gasteiger partial charge in [-0.25, -0.2) is 4.98 Å². The molecule has 1 aromatic heterocycles. The average molecular weight is 582 g/mol. The molecule has 41 heavy (non-hydrogen) atoms. The van der Waals surface area contributed by atoms with Crippen molar-refractivity contribution in [1.29, 1.82) is 0 Å². The fraction of sp³-hybridized carbons (Fsp3) is 0.400. The highest BCUT2D eigenvalue weighted by molar-refractivity contribution is 6.03. The van der Waals surface area contributed by atoms with E-state index in [4.69, 9.17) is 0 Å². The van der Waals surface area contributed by atoms with E-state index in [0.717, 1.165) is 17.5 Å². The third-order valence-corrected chi connectivity index (χ3v) is 7.00. The van der Waals surface area contributed by atoms with Gasteiger partial charge in [0.25, 0.3) is 0 Å². The van der Waals surface area contributed by atoms with E-state index < -0.39 is 40.4 Å². The van der Waals surface area contributed by atoms with Crippen LogP contribution in [0.1, 0.15) is 49.4 Å². The number of anilines is 2. The van der Waals surface area contributed by atoms with E-state index in [9.17, 15) is 36.2 Å². The highest BCUT2D eigenvalue weighted by atomic mass is 19.4. The summed E-state index contributed by atoms with van der Waals surface area (Å²) in [5.74, 6) is -0.175. The fourth-order valence-corrected chi connectivity index (χ4v) is 4.67. The van der Waals surface area contributed by atoms with Gasteiger partial charge in [-0.15, -0.1) is 0 Å². The molecule has 1 N–H and O–H groups in total. The standard InChI is InChI=1S/C30H33F6N3O2/c1-6-11-39(12-13-40)26-17-24(23-10-8-7-9-19(23)2)25(18-37-26)38(5)27(41)28(3,4)20-14-21(29(31,32)33)16-22(15-20)30(34,35)36/h7-10,14-18,40H,6,11-13H2,1-5H3. The van der Waals surface area contributed by atoms with Crippen LogP contribution in [0.3, 0.4) is 0 Å². The zero-order valence-corrected chi connectivity index (χ0v) is 23.5. The van der Waals surface area contributed by atoms with Crippen molar-refractivity contribution < 1.29 is 36.2 Å². The van der Waals surface area contributed by atoms with Crippen molar-refractivity contribution in [2.75, 3.05) is 36.5 Å². The molecule has 222 valence electrons. The van der Waals surface area contributed by atoms with Crippen molar-refractivity contribution in [3.63, 3.8) is 0 Å². The van der Waals surface area contributed by atoms with Crippen molar-refractivity contribution in [1.82, 2.24) is 4.98 Å². The van der Waals surface area contributed by atoms with Crippen LogP contribution in [0.15, 0.2) is 54.7 Å². The maximum Gasteiger partial charge on any atom is 0.416 e. The second-order valence-electron chi connectivity index (χ2n) is 10.4. The van der Waals surface area contributed by atoms with Crippen LogP contribution in [0.2, 0.25) is 0 Å². The highest BCUT2D eigenvalue weighted by Gasteiger charge is 2.41. The molecule has 1 amide bonds. The van der Waals surface area contributed by atoms with E-state index in [0.29, 0.717) is 42.3 Å². The number of aryl methyl sites for hydroxylation is 1. The number of nitrogens with zero attached hydrogens (tertiary/aromatic N) is 3. The summed E-state index contributed by atoms with van der Waals surface area (Å²) in [5, 5.41) is 9.54. The Morgan fingerprint density at radius 3 is 1.95 bits per heavy atom. The first-order valence-electron chi connectivity index (χ1n) is 13.0. The number of amides is 1. The number of benzene rings is 2. The number of hydrogen-bond acceptors (Lipinski definition) is 4. The lowest BCUT2D eigenvalue weighted by molar-refractivity contribution is -0.143. The number of hydrogen-bond donors (Lipinski definition) is 1. The number of aliphatic hydroxyl groups is 1. The van der Waals surface area contributed by atoms with Crippen LogP contribution < -0.4 is 9.80 Å². The summed E-state index contributed by atoms with van der Waals surface area (Å²) in [6, 6.07) is 10.4. The third-order valence-electron chi connectivity index (χ3n) is 7.00. The summed E-state index contributed by atoms with van der Waals surface area (Å²) in [5.41, 5.74) is -2.61. The van der Waals surface area contributed by atoms with E-state index in [1.54, 1.807) is 6.07 Å². The zero-order valence-electron chi connectivity index (χ0n) is 23.5. The largest absolute Gasteiger partial charge is 0.416 e. The van der Waals surface area contributed by atoms with E-state index in [1.165, 1.54) is 32.0 Å². The van der Waals surface area contributed by atoms with Crippen molar-refractivity contribution >= 4 is 17.4 Å². The maximum absolute atomic E-state index is 13.9. The molecule has 0 aliphatic heterocycles. The number of aromatic nitrogens is 1. The van der Waals surface area contributed by atoms with Gasteiger partial charge in [0, 0.05) is 25.7 Å². The molecule has 1 heterocycles. The molecule has 0 fully saturated rings. The number of halogens is 6. The summed E-state index contributed by atoms with van der Waals surface area (Å²) >= 11 is 0. The van der Waals surface area contributed by atoms with Gasteiger partial charge < -0.3 is 14.9 Å². The van der Waals surface area contributed by atoms with Crippen LogP contribution in [0, 0.1) is 6.92 Å². The second kappa shape index (κ2) is 12.1. The average Bonchev–Trinajstić information content (AvgIpc) is 2.91. The fourth-order valence-electron chi connectivity index (χ4n) is 4.67. The molecule has 0 spiro atoms. The molecule has 0 radical (unpaired) electrons. The van der Waals surface area contributed by atoms with Crippen molar-refractivity contribution in [3.8, 4) is 11.1 Å². The molecule has 0 atom stereocenters. The number of pyridine rings is 1. The van der Waals surface area contributed by atoms with Gasteiger partial charge in [-0.2, -0.15) is 26.3 Å². The minimum atomic E-state index is -5.04. The predicted octanol–water partition coefficient (Wildman–Crippen LogP) is 7.24. The topological polar surface area (TPSA) is 56.7 Å². The molecule has 2 aromatic carbocycles. The van der Waals surface area contributed by atoms with Gasteiger partial charge in [-0.1, -0.05) is 31.2 Å². The smallest absolute Gasteiger partial charge is 0.395 e. The predicted molar refractivity (Wildman–Crippen MR) is 147 cm³/mol. The number of carbonyl (C=O) groups is 1. The van der Waals surface area contributed by atoms with Crippen LogP contribution >= 0.6 is 0 Å². The molecule has 0 saturated heterocycles. The van der Waals surface area contributed by atoms with Gasteiger partial charge in [0.15, 0.2) is 0 Å².